The largest absolute Gasteiger partial charge is 0.324 e. The molecule has 0 aliphatic heterocycles. The average molecular weight is 307 g/mol. The number of pyridine rings is 1. The zero-order valence-corrected chi connectivity index (χ0v) is 12.2. The van der Waals surface area contributed by atoms with Crippen molar-refractivity contribution < 1.29 is 4.39 Å². The van der Waals surface area contributed by atoms with E-state index in [0.29, 0.717) is 10.6 Å². The molecular weight excluding hydrogens is 291 g/mol. The minimum atomic E-state index is -0.396. The van der Waals surface area contributed by atoms with Crippen molar-refractivity contribution in [1.29, 1.82) is 0 Å². The molecule has 1 aliphatic rings. The molecule has 0 amide bonds. The SMILES string of the molecule is NC1CCCc2c1ccc(=O)n2Cc1ccc(Cl)cc1F. The molecule has 1 atom stereocenters. The van der Waals surface area contributed by atoms with Crippen LogP contribution in [0.15, 0.2) is 35.1 Å². The van der Waals surface area contributed by atoms with E-state index >= 15 is 0 Å². The van der Waals surface area contributed by atoms with Gasteiger partial charge in [-0.3, -0.25) is 4.79 Å². The Morgan fingerprint density at radius 1 is 1.33 bits per heavy atom. The maximum absolute atomic E-state index is 14.0. The summed E-state index contributed by atoms with van der Waals surface area (Å²) in [5.41, 5.74) is 8.35. The van der Waals surface area contributed by atoms with Crippen LogP contribution in [-0.4, -0.2) is 4.57 Å². The van der Waals surface area contributed by atoms with E-state index in [1.54, 1.807) is 22.8 Å². The molecule has 0 fully saturated rings. The Labute approximate surface area is 127 Å². The van der Waals surface area contributed by atoms with Gasteiger partial charge in [0, 0.05) is 28.4 Å². The summed E-state index contributed by atoms with van der Waals surface area (Å²) in [6.45, 7) is 0.206. The molecule has 1 aromatic carbocycles. The van der Waals surface area contributed by atoms with Gasteiger partial charge in [0.2, 0.25) is 0 Å². The summed E-state index contributed by atoms with van der Waals surface area (Å²) in [5.74, 6) is -0.396. The predicted molar refractivity (Wildman–Crippen MR) is 81.1 cm³/mol. The summed E-state index contributed by atoms with van der Waals surface area (Å²) >= 11 is 5.76. The summed E-state index contributed by atoms with van der Waals surface area (Å²) < 4.78 is 15.6. The Bertz CT molecular complexity index is 742. The molecule has 1 unspecified atom stereocenters. The smallest absolute Gasteiger partial charge is 0.251 e. The van der Waals surface area contributed by atoms with Crippen molar-refractivity contribution in [3.05, 3.63) is 68.3 Å². The maximum Gasteiger partial charge on any atom is 0.251 e. The van der Waals surface area contributed by atoms with Crippen LogP contribution in [0.2, 0.25) is 5.02 Å². The quantitative estimate of drug-likeness (QED) is 0.927. The standard InChI is InChI=1S/C16H16ClFN2O/c17-11-5-4-10(13(18)8-11)9-20-15-3-1-2-14(19)12(15)6-7-16(20)21/h4-8,14H,1-3,9,19H2. The van der Waals surface area contributed by atoms with Gasteiger partial charge in [-0.2, -0.15) is 0 Å². The second-order valence-electron chi connectivity index (χ2n) is 5.39. The van der Waals surface area contributed by atoms with Crippen molar-refractivity contribution >= 4 is 11.6 Å². The van der Waals surface area contributed by atoms with Gasteiger partial charge >= 0.3 is 0 Å². The topological polar surface area (TPSA) is 48.0 Å². The van der Waals surface area contributed by atoms with E-state index in [2.05, 4.69) is 0 Å². The number of rotatable bonds is 2. The van der Waals surface area contributed by atoms with Crippen molar-refractivity contribution in [2.24, 2.45) is 5.73 Å². The normalized spacial score (nSPS) is 17.6. The number of nitrogens with zero attached hydrogens (tertiary/aromatic N) is 1. The fourth-order valence-corrected chi connectivity index (χ4v) is 3.05. The molecule has 21 heavy (non-hydrogen) atoms. The molecule has 0 spiro atoms. The minimum Gasteiger partial charge on any atom is -0.324 e. The summed E-state index contributed by atoms with van der Waals surface area (Å²) in [7, 11) is 0. The molecule has 1 aromatic heterocycles. The lowest BCUT2D eigenvalue weighted by molar-refractivity contribution is 0.523. The third-order valence-corrected chi connectivity index (χ3v) is 4.24. The van der Waals surface area contributed by atoms with Crippen molar-refractivity contribution in [3.8, 4) is 0 Å². The zero-order chi connectivity index (χ0) is 15.0. The van der Waals surface area contributed by atoms with Crippen LogP contribution in [0.3, 0.4) is 0 Å². The number of aromatic nitrogens is 1. The highest BCUT2D eigenvalue weighted by Crippen LogP contribution is 2.27. The number of nitrogens with two attached hydrogens (primary N) is 1. The highest BCUT2D eigenvalue weighted by molar-refractivity contribution is 6.30. The lowest BCUT2D eigenvalue weighted by Gasteiger charge is -2.25. The molecular formula is C16H16ClFN2O. The van der Waals surface area contributed by atoms with Gasteiger partial charge in [-0.1, -0.05) is 23.7 Å². The maximum atomic E-state index is 14.0. The summed E-state index contributed by atoms with van der Waals surface area (Å²) in [6, 6.07) is 7.78. The lowest BCUT2D eigenvalue weighted by Crippen LogP contribution is -2.29. The molecule has 3 rings (SSSR count). The van der Waals surface area contributed by atoms with Crippen LogP contribution in [0.5, 0.6) is 0 Å². The van der Waals surface area contributed by atoms with Gasteiger partial charge in [-0.25, -0.2) is 4.39 Å². The van der Waals surface area contributed by atoms with Crippen LogP contribution < -0.4 is 11.3 Å². The van der Waals surface area contributed by atoms with Crippen LogP contribution in [0.1, 0.15) is 35.7 Å². The van der Waals surface area contributed by atoms with E-state index in [1.165, 1.54) is 12.1 Å². The van der Waals surface area contributed by atoms with Crippen LogP contribution in [0.25, 0.3) is 0 Å². The third kappa shape index (κ3) is 2.74. The van der Waals surface area contributed by atoms with Gasteiger partial charge in [-0.15, -0.1) is 0 Å². The lowest BCUT2D eigenvalue weighted by atomic mass is 9.91. The zero-order valence-electron chi connectivity index (χ0n) is 11.5. The van der Waals surface area contributed by atoms with Gasteiger partial charge in [0.25, 0.3) is 5.56 Å². The summed E-state index contributed by atoms with van der Waals surface area (Å²) in [6.07, 6.45) is 2.66. The van der Waals surface area contributed by atoms with Crippen LogP contribution in [-0.2, 0) is 13.0 Å². The van der Waals surface area contributed by atoms with Crippen LogP contribution in [0.4, 0.5) is 4.39 Å². The third-order valence-electron chi connectivity index (χ3n) is 4.00. The summed E-state index contributed by atoms with van der Waals surface area (Å²) in [4.78, 5) is 12.2. The molecule has 0 bridgehead atoms. The number of hydrogen-bond acceptors (Lipinski definition) is 2. The first-order valence-corrected chi connectivity index (χ1v) is 7.36. The molecule has 1 aliphatic carbocycles. The first-order chi connectivity index (χ1) is 10.1. The van der Waals surface area contributed by atoms with Gasteiger partial charge in [-0.05, 0) is 37.0 Å². The fourth-order valence-electron chi connectivity index (χ4n) is 2.89. The van der Waals surface area contributed by atoms with E-state index in [-0.39, 0.29) is 18.1 Å². The van der Waals surface area contributed by atoms with Crippen molar-refractivity contribution in [1.82, 2.24) is 4.57 Å². The molecule has 0 saturated heterocycles. The first-order valence-electron chi connectivity index (χ1n) is 6.98. The molecule has 3 nitrogen and oxygen atoms in total. The van der Waals surface area contributed by atoms with E-state index in [0.717, 1.165) is 30.5 Å². The predicted octanol–water partition coefficient (Wildman–Crippen LogP) is 3.03. The minimum absolute atomic E-state index is 0.0457. The number of fused-ring (bicyclic) bond motifs is 1. The first kappa shape index (κ1) is 14.3. The van der Waals surface area contributed by atoms with E-state index in [4.69, 9.17) is 17.3 Å². The van der Waals surface area contributed by atoms with E-state index in [1.807, 2.05) is 0 Å². The molecule has 0 radical (unpaired) electrons. The number of hydrogen-bond donors (Lipinski definition) is 1. The van der Waals surface area contributed by atoms with Gasteiger partial charge in [0.15, 0.2) is 0 Å². The Morgan fingerprint density at radius 3 is 2.90 bits per heavy atom. The Morgan fingerprint density at radius 2 is 2.14 bits per heavy atom. The molecule has 2 aromatic rings. The van der Waals surface area contributed by atoms with Crippen LogP contribution in [0, 0.1) is 5.82 Å². The van der Waals surface area contributed by atoms with E-state index in [9.17, 15) is 9.18 Å². The Hall–Kier alpha value is -1.65. The Kier molecular flexibility index (Phi) is 3.83. The monoisotopic (exact) mass is 306 g/mol. The van der Waals surface area contributed by atoms with Crippen molar-refractivity contribution in [2.75, 3.05) is 0 Å². The highest BCUT2D eigenvalue weighted by atomic mass is 35.5. The molecule has 2 N–H and O–H groups in total. The van der Waals surface area contributed by atoms with Gasteiger partial charge in [0.05, 0.1) is 6.54 Å². The van der Waals surface area contributed by atoms with Crippen molar-refractivity contribution in [2.45, 2.75) is 31.8 Å². The molecule has 0 saturated carbocycles. The molecule has 110 valence electrons. The van der Waals surface area contributed by atoms with Gasteiger partial charge in [0.1, 0.15) is 5.82 Å². The fraction of sp³-hybridized carbons (Fsp3) is 0.312. The molecule has 1 heterocycles. The second-order valence-corrected chi connectivity index (χ2v) is 5.83. The van der Waals surface area contributed by atoms with Crippen molar-refractivity contribution in [3.63, 3.8) is 0 Å². The second kappa shape index (κ2) is 5.62. The van der Waals surface area contributed by atoms with Gasteiger partial charge < -0.3 is 10.3 Å². The highest BCUT2D eigenvalue weighted by Gasteiger charge is 2.20. The summed E-state index contributed by atoms with van der Waals surface area (Å²) in [5, 5.41) is 0.348. The average Bonchev–Trinajstić information content (AvgIpc) is 2.44. The Balaban J connectivity index is 2.06. The number of halogens is 2. The molecule has 5 heteroatoms. The van der Waals surface area contributed by atoms with E-state index < -0.39 is 5.82 Å². The number of benzene rings is 1. The van der Waals surface area contributed by atoms with Crippen LogP contribution >= 0.6 is 11.6 Å².